The Labute approximate surface area is 129 Å². The van der Waals surface area contributed by atoms with Crippen molar-refractivity contribution >= 4 is 21.9 Å². The van der Waals surface area contributed by atoms with Crippen LogP contribution in [0.1, 0.15) is 15.9 Å². The summed E-state index contributed by atoms with van der Waals surface area (Å²) in [5, 5.41) is 13.7. The number of rotatable bonds is 3. The van der Waals surface area contributed by atoms with Crippen molar-refractivity contribution in [1.82, 2.24) is 9.78 Å². The van der Waals surface area contributed by atoms with Crippen molar-refractivity contribution in [2.24, 2.45) is 0 Å². The number of carboxylic acids is 1. The van der Waals surface area contributed by atoms with Crippen molar-refractivity contribution in [2.45, 2.75) is 6.92 Å². The second kappa shape index (κ2) is 5.21. The van der Waals surface area contributed by atoms with Crippen molar-refractivity contribution in [1.29, 1.82) is 0 Å². The van der Waals surface area contributed by atoms with E-state index in [1.807, 2.05) is 31.2 Å². The number of furan rings is 1. The van der Waals surface area contributed by atoms with Crippen molar-refractivity contribution in [2.75, 3.05) is 0 Å². The number of carbonyl (C=O) groups is 1. The minimum atomic E-state index is -1.05. The zero-order valence-electron chi connectivity index (χ0n) is 11.1. The summed E-state index contributed by atoms with van der Waals surface area (Å²) in [6.45, 7) is 1.99. The van der Waals surface area contributed by atoms with Gasteiger partial charge in [0.25, 0.3) is 0 Å². The number of nitrogens with zero attached hydrogens (tertiary/aromatic N) is 2. The lowest BCUT2D eigenvalue weighted by Gasteiger charge is -2.00. The van der Waals surface area contributed by atoms with Gasteiger partial charge in [-0.25, -0.2) is 9.48 Å². The van der Waals surface area contributed by atoms with Gasteiger partial charge < -0.3 is 9.52 Å². The number of carboxylic acid groups (broad SMARTS) is 1. The van der Waals surface area contributed by atoms with Gasteiger partial charge in [0.1, 0.15) is 11.3 Å². The maximum atomic E-state index is 11.4. The fourth-order valence-corrected chi connectivity index (χ4v) is 2.29. The van der Waals surface area contributed by atoms with Crippen LogP contribution in [0.5, 0.6) is 0 Å². The van der Waals surface area contributed by atoms with E-state index in [-0.39, 0.29) is 5.56 Å². The Hall–Kier alpha value is -2.34. The predicted octanol–water partition coefficient (Wildman–Crippen LogP) is 3.90. The average molecular weight is 347 g/mol. The SMILES string of the molecule is Cc1ccc(-n2cc(C(=O)O)c(-c3ccc(Br)o3)n2)cc1. The molecule has 0 amide bonds. The highest BCUT2D eigenvalue weighted by Crippen LogP contribution is 2.27. The fraction of sp³-hybridized carbons (Fsp3) is 0.0667. The van der Waals surface area contributed by atoms with Crippen molar-refractivity contribution in [3.8, 4) is 17.1 Å². The molecule has 0 atom stereocenters. The van der Waals surface area contributed by atoms with Crippen molar-refractivity contribution < 1.29 is 14.3 Å². The molecule has 2 aromatic heterocycles. The molecule has 0 aliphatic heterocycles. The van der Waals surface area contributed by atoms with Crippen LogP contribution >= 0.6 is 15.9 Å². The van der Waals surface area contributed by atoms with Gasteiger partial charge in [0, 0.05) is 6.20 Å². The number of hydrogen-bond donors (Lipinski definition) is 1. The molecule has 3 rings (SSSR count). The molecule has 0 bridgehead atoms. The number of aromatic carboxylic acids is 1. The summed E-state index contributed by atoms with van der Waals surface area (Å²) in [5.41, 5.74) is 2.31. The van der Waals surface area contributed by atoms with Crippen LogP contribution in [0.4, 0.5) is 0 Å². The number of aromatic nitrogens is 2. The third-order valence-corrected chi connectivity index (χ3v) is 3.48. The van der Waals surface area contributed by atoms with Gasteiger partial charge in [-0.3, -0.25) is 0 Å². The average Bonchev–Trinajstić information content (AvgIpc) is 3.05. The van der Waals surface area contributed by atoms with Gasteiger partial charge in [0.2, 0.25) is 0 Å². The third-order valence-electron chi connectivity index (χ3n) is 3.05. The Balaban J connectivity index is 2.12. The highest BCUT2D eigenvalue weighted by atomic mass is 79.9. The molecule has 0 aliphatic carbocycles. The first-order chi connectivity index (χ1) is 10.0. The van der Waals surface area contributed by atoms with E-state index in [2.05, 4.69) is 21.0 Å². The van der Waals surface area contributed by atoms with E-state index >= 15 is 0 Å². The molecule has 0 saturated heterocycles. The monoisotopic (exact) mass is 346 g/mol. The highest BCUT2D eigenvalue weighted by molar-refractivity contribution is 9.10. The molecule has 1 aromatic carbocycles. The van der Waals surface area contributed by atoms with E-state index in [1.54, 1.807) is 12.1 Å². The number of hydrogen-bond acceptors (Lipinski definition) is 3. The van der Waals surface area contributed by atoms with Crippen LogP contribution in [0.25, 0.3) is 17.1 Å². The van der Waals surface area contributed by atoms with Gasteiger partial charge in [-0.2, -0.15) is 5.10 Å². The summed E-state index contributed by atoms with van der Waals surface area (Å²) in [6, 6.07) is 11.0. The Morgan fingerprint density at radius 3 is 2.52 bits per heavy atom. The fourth-order valence-electron chi connectivity index (χ4n) is 1.98. The Morgan fingerprint density at radius 2 is 1.95 bits per heavy atom. The minimum absolute atomic E-state index is 0.0948. The molecule has 0 unspecified atom stereocenters. The quantitative estimate of drug-likeness (QED) is 0.780. The van der Waals surface area contributed by atoms with Crippen LogP contribution < -0.4 is 0 Å². The Bertz CT molecular complexity index is 803. The molecule has 5 nitrogen and oxygen atoms in total. The molecule has 0 saturated carbocycles. The van der Waals surface area contributed by atoms with Crippen LogP contribution in [0.2, 0.25) is 0 Å². The maximum absolute atomic E-state index is 11.4. The van der Waals surface area contributed by atoms with Gasteiger partial charge in [0.15, 0.2) is 10.4 Å². The summed E-state index contributed by atoms with van der Waals surface area (Å²) < 4.78 is 7.47. The summed E-state index contributed by atoms with van der Waals surface area (Å²) in [7, 11) is 0. The van der Waals surface area contributed by atoms with Gasteiger partial charge >= 0.3 is 5.97 Å². The van der Waals surface area contributed by atoms with E-state index < -0.39 is 5.97 Å². The van der Waals surface area contributed by atoms with Crippen molar-refractivity contribution in [3.05, 3.63) is 58.4 Å². The highest BCUT2D eigenvalue weighted by Gasteiger charge is 2.20. The van der Waals surface area contributed by atoms with E-state index in [9.17, 15) is 9.90 Å². The van der Waals surface area contributed by atoms with Crippen LogP contribution in [-0.2, 0) is 0 Å². The van der Waals surface area contributed by atoms with Gasteiger partial charge in [-0.1, -0.05) is 17.7 Å². The Kier molecular flexibility index (Phi) is 3.39. The van der Waals surface area contributed by atoms with E-state index in [0.717, 1.165) is 11.3 Å². The molecule has 21 heavy (non-hydrogen) atoms. The lowest BCUT2D eigenvalue weighted by atomic mass is 10.2. The second-order valence-electron chi connectivity index (χ2n) is 4.58. The largest absolute Gasteiger partial charge is 0.478 e. The third kappa shape index (κ3) is 2.62. The minimum Gasteiger partial charge on any atom is -0.478 e. The number of aryl methyl sites for hydroxylation is 1. The van der Waals surface area contributed by atoms with E-state index in [4.69, 9.17) is 4.42 Å². The molecule has 3 aromatic rings. The van der Waals surface area contributed by atoms with Gasteiger partial charge in [0.05, 0.1) is 5.69 Å². The molecule has 0 radical (unpaired) electrons. The molecule has 0 fully saturated rings. The lowest BCUT2D eigenvalue weighted by molar-refractivity contribution is 0.0697. The summed E-state index contributed by atoms with van der Waals surface area (Å²) in [6.07, 6.45) is 1.48. The smallest absolute Gasteiger partial charge is 0.339 e. The van der Waals surface area contributed by atoms with Crippen LogP contribution in [0, 0.1) is 6.92 Å². The molecule has 0 spiro atoms. The van der Waals surface area contributed by atoms with Crippen molar-refractivity contribution in [3.63, 3.8) is 0 Å². The van der Waals surface area contributed by atoms with E-state index in [1.165, 1.54) is 10.9 Å². The molecule has 0 aliphatic rings. The van der Waals surface area contributed by atoms with Crippen LogP contribution in [0.3, 0.4) is 0 Å². The number of benzene rings is 1. The first-order valence-corrected chi connectivity index (χ1v) is 6.99. The second-order valence-corrected chi connectivity index (χ2v) is 5.36. The zero-order chi connectivity index (χ0) is 15.0. The molecule has 6 heteroatoms. The molecular formula is C15H11BrN2O3. The van der Waals surface area contributed by atoms with Gasteiger partial charge in [-0.15, -0.1) is 0 Å². The first-order valence-electron chi connectivity index (χ1n) is 6.20. The summed E-state index contributed by atoms with van der Waals surface area (Å²) in [5.74, 6) is -0.638. The lowest BCUT2D eigenvalue weighted by Crippen LogP contribution is -1.96. The molecule has 1 N–H and O–H groups in total. The predicted molar refractivity (Wildman–Crippen MR) is 80.7 cm³/mol. The summed E-state index contributed by atoms with van der Waals surface area (Å²) in [4.78, 5) is 11.4. The molecule has 106 valence electrons. The standard InChI is InChI=1S/C15H11BrN2O3/c1-9-2-4-10(5-3-9)18-8-11(15(19)20)14(17-18)12-6-7-13(16)21-12/h2-8H,1H3,(H,19,20). The van der Waals surface area contributed by atoms with Gasteiger partial charge in [-0.05, 0) is 47.1 Å². The normalized spacial score (nSPS) is 10.8. The maximum Gasteiger partial charge on any atom is 0.339 e. The Morgan fingerprint density at radius 1 is 1.24 bits per heavy atom. The molecular weight excluding hydrogens is 336 g/mol. The first kappa shape index (κ1) is 13.6. The number of halogens is 1. The summed E-state index contributed by atoms with van der Waals surface area (Å²) >= 11 is 3.20. The molecule has 2 heterocycles. The zero-order valence-corrected chi connectivity index (χ0v) is 12.7. The van der Waals surface area contributed by atoms with Crippen LogP contribution in [0.15, 0.2) is 51.7 Å². The van der Waals surface area contributed by atoms with Crippen LogP contribution in [-0.4, -0.2) is 20.9 Å². The van der Waals surface area contributed by atoms with E-state index in [0.29, 0.717) is 16.1 Å². The topological polar surface area (TPSA) is 68.3 Å².